The Bertz CT molecular complexity index is 1220. The van der Waals surface area contributed by atoms with Gasteiger partial charge < -0.3 is 4.90 Å². The molecule has 1 nitrogen and oxygen atoms in total. The van der Waals surface area contributed by atoms with Crippen LogP contribution in [0.2, 0.25) is 0 Å². The summed E-state index contributed by atoms with van der Waals surface area (Å²) in [6.07, 6.45) is 7.89. The molecule has 0 radical (unpaired) electrons. The molecule has 0 spiro atoms. The third kappa shape index (κ3) is 4.46. The summed E-state index contributed by atoms with van der Waals surface area (Å²) >= 11 is 3.57. The van der Waals surface area contributed by atoms with Crippen LogP contribution >= 0.6 is 15.9 Å². The molecule has 156 valence electrons. The van der Waals surface area contributed by atoms with Crippen molar-refractivity contribution in [3.8, 4) is 11.1 Å². The zero-order chi connectivity index (χ0) is 21.8. The number of rotatable bonds is 5. The van der Waals surface area contributed by atoms with E-state index in [1.54, 1.807) is 0 Å². The first-order valence-corrected chi connectivity index (χ1v) is 11.7. The molecule has 0 aliphatic heterocycles. The van der Waals surface area contributed by atoms with E-state index < -0.39 is 0 Å². The van der Waals surface area contributed by atoms with Crippen LogP contribution in [0.5, 0.6) is 0 Å². The molecule has 0 fully saturated rings. The van der Waals surface area contributed by atoms with Crippen molar-refractivity contribution >= 4 is 32.9 Å². The summed E-state index contributed by atoms with van der Waals surface area (Å²) in [6.45, 7) is 0. The van der Waals surface area contributed by atoms with Gasteiger partial charge in [0.15, 0.2) is 0 Å². The van der Waals surface area contributed by atoms with Gasteiger partial charge in [-0.05, 0) is 65.1 Å². The van der Waals surface area contributed by atoms with Crippen LogP contribution in [0.3, 0.4) is 0 Å². The fraction of sp³-hybridized carbons (Fsp3) is 0.0667. The molecule has 0 aromatic heterocycles. The molecule has 2 heteroatoms. The molecule has 1 unspecified atom stereocenters. The molecule has 0 amide bonds. The highest BCUT2D eigenvalue weighted by Crippen LogP contribution is 2.34. The highest BCUT2D eigenvalue weighted by molar-refractivity contribution is 9.10. The fourth-order valence-electron chi connectivity index (χ4n) is 4.22. The zero-order valence-electron chi connectivity index (χ0n) is 17.7. The minimum atomic E-state index is 0.256. The number of hydrogen-bond acceptors (Lipinski definition) is 1. The Morgan fingerprint density at radius 1 is 0.594 bits per heavy atom. The van der Waals surface area contributed by atoms with E-state index in [1.807, 2.05) is 0 Å². The summed E-state index contributed by atoms with van der Waals surface area (Å²) in [6, 6.07) is 38.9. The van der Waals surface area contributed by atoms with Gasteiger partial charge in [-0.15, -0.1) is 0 Å². The smallest absolute Gasteiger partial charge is 0.0560 e. The van der Waals surface area contributed by atoms with Gasteiger partial charge in [0.25, 0.3) is 0 Å². The molecule has 5 rings (SSSR count). The van der Waals surface area contributed by atoms with E-state index in [1.165, 1.54) is 33.6 Å². The number of allylic oxidation sites excluding steroid dienone is 2. The maximum atomic E-state index is 3.57. The van der Waals surface area contributed by atoms with Gasteiger partial charge in [0.05, 0.1) is 6.04 Å². The largest absolute Gasteiger partial charge is 0.334 e. The number of hydrogen-bond donors (Lipinski definition) is 0. The standard InChI is InChI=1S/C30H24BrN/c31-27-15-21-30(22-16-27)32(28-17-11-25(12-18-28)23-7-3-1-4-8-23)29-19-13-26(14-20-29)24-9-5-2-6-10-24/h1-19,21-22,29H,20H2. The third-order valence-electron chi connectivity index (χ3n) is 5.87. The maximum absolute atomic E-state index is 3.57. The Balaban J connectivity index is 1.46. The van der Waals surface area contributed by atoms with Gasteiger partial charge in [-0.2, -0.15) is 0 Å². The second-order valence-corrected chi connectivity index (χ2v) is 8.86. The molecule has 4 aromatic rings. The third-order valence-corrected chi connectivity index (χ3v) is 6.40. The molecule has 32 heavy (non-hydrogen) atoms. The Hall–Kier alpha value is -3.36. The van der Waals surface area contributed by atoms with Gasteiger partial charge in [0.1, 0.15) is 0 Å². The van der Waals surface area contributed by atoms with Crippen LogP contribution in [0, 0.1) is 0 Å². The Morgan fingerprint density at radius 3 is 1.69 bits per heavy atom. The minimum absolute atomic E-state index is 0.256. The van der Waals surface area contributed by atoms with Crippen molar-refractivity contribution in [2.75, 3.05) is 4.90 Å². The topological polar surface area (TPSA) is 3.24 Å². The lowest BCUT2D eigenvalue weighted by atomic mass is 9.95. The molecule has 0 N–H and O–H groups in total. The van der Waals surface area contributed by atoms with E-state index in [0.29, 0.717) is 0 Å². The second kappa shape index (κ2) is 9.42. The van der Waals surface area contributed by atoms with Crippen molar-refractivity contribution in [2.24, 2.45) is 0 Å². The van der Waals surface area contributed by atoms with Crippen LogP contribution in [-0.2, 0) is 0 Å². The first-order valence-electron chi connectivity index (χ1n) is 10.9. The highest BCUT2D eigenvalue weighted by Gasteiger charge is 2.20. The van der Waals surface area contributed by atoms with Crippen LogP contribution in [-0.4, -0.2) is 6.04 Å². The molecular weight excluding hydrogens is 454 g/mol. The minimum Gasteiger partial charge on any atom is -0.334 e. The van der Waals surface area contributed by atoms with Crippen LogP contribution in [0.1, 0.15) is 12.0 Å². The Labute approximate surface area is 198 Å². The van der Waals surface area contributed by atoms with E-state index in [9.17, 15) is 0 Å². The second-order valence-electron chi connectivity index (χ2n) is 7.95. The number of nitrogens with zero attached hydrogens (tertiary/aromatic N) is 1. The fourth-order valence-corrected chi connectivity index (χ4v) is 4.49. The molecule has 0 saturated carbocycles. The van der Waals surface area contributed by atoms with Gasteiger partial charge in [-0.25, -0.2) is 0 Å². The lowest BCUT2D eigenvalue weighted by Gasteiger charge is -2.33. The molecule has 0 heterocycles. The summed E-state index contributed by atoms with van der Waals surface area (Å²) in [7, 11) is 0. The van der Waals surface area contributed by atoms with Gasteiger partial charge >= 0.3 is 0 Å². The quantitative estimate of drug-likeness (QED) is 0.277. The average molecular weight is 478 g/mol. The van der Waals surface area contributed by atoms with Gasteiger partial charge in [0.2, 0.25) is 0 Å². The summed E-state index contributed by atoms with van der Waals surface area (Å²) in [5.41, 5.74) is 7.41. The summed E-state index contributed by atoms with van der Waals surface area (Å²) in [5, 5.41) is 0. The van der Waals surface area contributed by atoms with Crippen molar-refractivity contribution in [3.63, 3.8) is 0 Å². The Morgan fingerprint density at radius 2 is 1.12 bits per heavy atom. The van der Waals surface area contributed by atoms with E-state index in [0.717, 1.165) is 10.9 Å². The maximum Gasteiger partial charge on any atom is 0.0560 e. The number of halogens is 1. The normalized spacial score (nSPS) is 15.3. The summed E-state index contributed by atoms with van der Waals surface area (Å²) in [4.78, 5) is 2.43. The van der Waals surface area contributed by atoms with Crippen LogP contribution < -0.4 is 4.90 Å². The van der Waals surface area contributed by atoms with Crippen LogP contribution in [0.4, 0.5) is 11.4 Å². The van der Waals surface area contributed by atoms with E-state index in [-0.39, 0.29) is 6.04 Å². The number of anilines is 2. The van der Waals surface area contributed by atoms with Gasteiger partial charge in [-0.1, -0.05) is 107 Å². The summed E-state index contributed by atoms with van der Waals surface area (Å²) in [5.74, 6) is 0. The van der Waals surface area contributed by atoms with E-state index in [2.05, 4.69) is 148 Å². The molecule has 1 aliphatic carbocycles. The lowest BCUT2D eigenvalue weighted by molar-refractivity contribution is 0.787. The van der Waals surface area contributed by atoms with Crippen molar-refractivity contribution in [2.45, 2.75) is 12.5 Å². The molecule has 1 aliphatic rings. The predicted octanol–water partition coefficient (Wildman–Crippen LogP) is 8.67. The first kappa shape index (κ1) is 20.5. The van der Waals surface area contributed by atoms with E-state index >= 15 is 0 Å². The average Bonchev–Trinajstić information content (AvgIpc) is 2.87. The van der Waals surface area contributed by atoms with Gasteiger partial charge in [0, 0.05) is 15.8 Å². The Kier molecular flexibility index (Phi) is 6.04. The molecular formula is C30H24BrN. The van der Waals surface area contributed by atoms with Crippen molar-refractivity contribution in [1.29, 1.82) is 0 Å². The lowest BCUT2D eigenvalue weighted by Crippen LogP contribution is -2.30. The first-order chi connectivity index (χ1) is 15.8. The highest BCUT2D eigenvalue weighted by atomic mass is 79.9. The van der Waals surface area contributed by atoms with Gasteiger partial charge in [-0.3, -0.25) is 0 Å². The number of benzene rings is 4. The van der Waals surface area contributed by atoms with Crippen LogP contribution in [0.25, 0.3) is 16.7 Å². The SMILES string of the molecule is Brc1ccc(N(c2ccc(-c3ccccc3)cc2)C2C=CC(c3ccccc3)=CC2)cc1. The zero-order valence-corrected chi connectivity index (χ0v) is 19.3. The van der Waals surface area contributed by atoms with Crippen molar-refractivity contribution in [1.82, 2.24) is 0 Å². The van der Waals surface area contributed by atoms with Crippen LogP contribution in [0.15, 0.2) is 132 Å². The van der Waals surface area contributed by atoms with E-state index in [4.69, 9.17) is 0 Å². The molecule has 4 aromatic carbocycles. The summed E-state index contributed by atoms with van der Waals surface area (Å²) < 4.78 is 1.09. The van der Waals surface area contributed by atoms with Crippen molar-refractivity contribution in [3.05, 3.63) is 137 Å². The van der Waals surface area contributed by atoms with Crippen molar-refractivity contribution < 1.29 is 0 Å². The molecule has 0 bridgehead atoms. The molecule has 0 saturated heterocycles. The monoisotopic (exact) mass is 477 g/mol. The molecule has 1 atom stereocenters. The predicted molar refractivity (Wildman–Crippen MR) is 140 cm³/mol.